The molecule has 2 amide bonds. The number of ether oxygens (including phenoxy) is 2. The minimum Gasteiger partial charge on any atom is -0.497 e. The fourth-order valence-corrected chi connectivity index (χ4v) is 4.19. The summed E-state index contributed by atoms with van der Waals surface area (Å²) >= 11 is 0. The van der Waals surface area contributed by atoms with Gasteiger partial charge in [-0.1, -0.05) is 12.1 Å². The van der Waals surface area contributed by atoms with Gasteiger partial charge < -0.3 is 34.7 Å². The van der Waals surface area contributed by atoms with E-state index >= 15 is 0 Å². The highest BCUT2D eigenvalue weighted by atomic mass is 16.5. The van der Waals surface area contributed by atoms with E-state index in [1.807, 2.05) is 42.6 Å². The molecule has 0 spiro atoms. The molecule has 1 aliphatic rings. The number of rotatable bonds is 6. The van der Waals surface area contributed by atoms with Crippen LogP contribution < -0.4 is 20.3 Å². The summed E-state index contributed by atoms with van der Waals surface area (Å²) in [5.41, 5.74) is 2.94. The van der Waals surface area contributed by atoms with Crippen LogP contribution in [0.2, 0.25) is 0 Å². The molecule has 1 saturated heterocycles. The quantitative estimate of drug-likeness (QED) is 0.381. The molecule has 10 nitrogen and oxygen atoms in total. The molecule has 2 aromatic carbocycles. The van der Waals surface area contributed by atoms with E-state index in [1.165, 1.54) is 0 Å². The summed E-state index contributed by atoms with van der Waals surface area (Å²) in [7, 11) is 3.20. The first-order chi connectivity index (χ1) is 17.6. The number of hydrogen-bond donors (Lipinski definition) is 3. The number of morpholine rings is 1. The summed E-state index contributed by atoms with van der Waals surface area (Å²) in [6.45, 7) is 3.10. The van der Waals surface area contributed by atoms with E-state index in [0.29, 0.717) is 49.9 Å². The minimum atomic E-state index is -0.293. The van der Waals surface area contributed by atoms with Crippen molar-refractivity contribution in [1.29, 1.82) is 0 Å². The minimum absolute atomic E-state index is 0.0804. The number of aromatic nitrogens is 3. The molecular formula is C26H28N6O4. The van der Waals surface area contributed by atoms with E-state index in [-0.39, 0.29) is 11.9 Å². The van der Waals surface area contributed by atoms with Gasteiger partial charge in [-0.15, -0.1) is 0 Å². The highest BCUT2D eigenvalue weighted by Crippen LogP contribution is 2.35. The summed E-state index contributed by atoms with van der Waals surface area (Å²) in [6.07, 6.45) is 1.90. The van der Waals surface area contributed by atoms with Gasteiger partial charge in [0.25, 0.3) is 0 Å². The van der Waals surface area contributed by atoms with Crippen LogP contribution in [0.4, 0.5) is 16.3 Å². The molecule has 0 radical (unpaired) electrons. The molecule has 10 heteroatoms. The Kier molecular flexibility index (Phi) is 6.59. The van der Waals surface area contributed by atoms with Crippen molar-refractivity contribution in [3.05, 3.63) is 60.3 Å². The van der Waals surface area contributed by atoms with Crippen LogP contribution in [0.5, 0.6) is 11.6 Å². The molecule has 0 unspecified atom stereocenters. The zero-order valence-corrected chi connectivity index (χ0v) is 20.2. The average molecular weight is 489 g/mol. The number of aromatic hydroxyl groups is 1. The van der Waals surface area contributed by atoms with Gasteiger partial charge in [-0.25, -0.2) is 14.8 Å². The molecule has 0 atom stereocenters. The van der Waals surface area contributed by atoms with Gasteiger partial charge in [0.1, 0.15) is 17.1 Å². The lowest BCUT2D eigenvalue weighted by Crippen LogP contribution is -2.37. The predicted molar refractivity (Wildman–Crippen MR) is 138 cm³/mol. The first-order valence-corrected chi connectivity index (χ1v) is 11.7. The van der Waals surface area contributed by atoms with Gasteiger partial charge in [0, 0.05) is 37.6 Å². The number of nitrogens with one attached hydrogen (secondary N) is 2. The van der Waals surface area contributed by atoms with Crippen molar-refractivity contribution in [2.45, 2.75) is 6.54 Å². The topological polar surface area (TPSA) is 114 Å². The van der Waals surface area contributed by atoms with E-state index in [4.69, 9.17) is 19.4 Å². The monoisotopic (exact) mass is 488 g/mol. The molecule has 3 N–H and O–H groups in total. The van der Waals surface area contributed by atoms with Crippen molar-refractivity contribution < 1.29 is 19.4 Å². The number of carbonyl (C=O) groups is 1. The van der Waals surface area contributed by atoms with Crippen LogP contribution in [-0.4, -0.2) is 66.1 Å². The van der Waals surface area contributed by atoms with Crippen LogP contribution in [0, 0.1) is 0 Å². The highest BCUT2D eigenvalue weighted by molar-refractivity contribution is 5.95. The van der Waals surface area contributed by atoms with Crippen LogP contribution in [-0.2, 0) is 11.3 Å². The molecule has 2 aromatic heterocycles. The zero-order valence-electron chi connectivity index (χ0n) is 20.2. The van der Waals surface area contributed by atoms with E-state index in [2.05, 4.69) is 15.5 Å². The van der Waals surface area contributed by atoms with Gasteiger partial charge in [-0.2, -0.15) is 0 Å². The van der Waals surface area contributed by atoms with Crippen LogP contribution in [0.25, 0.3) is 22.3 Å². The third kappa shape index (κ3) is 4.76. The number of benzene rings is 2. The van der Waals surface area contributed by atoms with E-state index < -0.39 is 0 Å². The molecule has 1 fully saturated rings. The Morgan fingerprint density at radius 1 is 1.08 bits per heavy atom. The fraction of sp³-hybridized carbons (Fsp3) is 0.269. The number of methoxy groups -OCH3 is 1. The number of urea groups is 1. The zero-order chi connectivity index (χ0) is 25.1. The third-order valence-electron chi connectivity index (χ3n) is 6.14. The SMILES string of the molecule is CNC(=O)Nc1ccc(-c2nc(N3CCOCC3)c3cn(Cc4ccc(OC)cc4)c(O)c3n2)cc1. The Bertz CT molecular complexity index is 1360. The van der Waals surface area contributed by atoms with Crippen molar-refractivity contribution >= 4 is 28.4 Å². The van der Waals surface area contributed by atoms with E-state index in [1.54, 1.807) is 30.9 Å². The maximum Gasteiger partial charge on any atom is 0.318 e. The molecule has 0 aliphatic carbocycles. The first-order valence-electron chi connectivity index (χ1n) is 11.7. The summed E-state index contributed by atoms with van der Waals surface area (Å²) in [6, 6.07) is 14.7. The van der Waals surface area contributed by atoms with Crippen molar-refractivity contribution in [2.24, 2.45) is 0 Å². The summed E-state index contributed by atoms with van der Waals surface area (Å²) in [5.74, 6) is 2.11. The average Bonchev–Trinajstić information content (AvgIpc) is 3.24. The van der Waals surface area contributed by atoms with Crippen LogP contribution in [0.1, 0.15) is 5.56 Å². The lowest BCUT2D eigenvalue weighted by molar-refractivity contribution is 0.122. The van der Waals surface area contributed by atoms with Crippen molar-refractivity contribution in [3.63, 3.8) is 0 Å². The Morgan fingerprint density at radius 2 is 1.81 bits per heavy atom. The summed E-state index contributed by atoms with van der Waals surface area (Å²) in [5, 5.41) is 17.2. The van der Waals surface area contributed by atoms with Crippen LogP contribution in [0.3, 0.4) is 0 Å². The van der Waals surface area contributed by atoms with Crippen molar-refractivity contribution in [1.82, 2.24) is 19.9 Å². The first kappa shape index (κ1) is 23.4. The van der Waals surface area contributed by atoms with Crippen LogP contribution >= 0.6 is 0 Å². The number of carbonyl (C=O) groups excluding carboxylic acids is 1. The molecule has 36 heavy (non-hydrogen) atoms. The second-order valence-electron chi connectivity index (χ2n) is 8.44. The van der Waals surface area contributed by atoms with Gasteiger partial charge in [0.05, 0.1) is 32.3 Å². The summed E-state index contributed by atoms with van der Waals surface area (Å²) in [4.78, 5) is 23.4. The highest BCUT2D eigenvalue weighted by Gasteiger charge is 2.22. The molecule has 4 aromatic rings. The maximum atomic E-state index is 11.6. The van der Waals surface area contributed by atoms with Gasteiger partial charge >= 0.3 is 6.03 Å². The fourth-order valence-electron chi connectivity index (χ4n) is 4.19. The Hall–Kier alpha value is -4.31. The standard InChI is InChI=1S/C26H28N6O4/c1-27-26(34)28-19-7-5-18(6-8-19)23-29-22-21(24(30-23)31-11-13-36-14-12-31)16-32(25(22)33)15-17-3-9-20(35-2)10-4-17/h3-10,16,33H,11-15H2,1-2H3,(H2,27,28,34). The molecule has 3 heterocycles. The third-order valence-corrected chi connectivity index (χ3v) is 6.14. The van der Waals surface area contributed by atoms with Gasteiger partial charge in [0.2, 0.25) is 5.88 Å². The second-order valence-corrected chi connectivity index (χ2v) is 8.44. The predicted octanol–water partition coefficient (Wildman–Crippen LogP) is 3.45. The van der Waals surface area contributed by atoms with Crippen LogP contribution in [0.15, 0.2) is 54.7 Å². The number of hydrogen-bond acceptors (Lipinski definition) is 7. The van der Waals surface area contributed by atoms with Crippen molar-refractivity contribution in [2.75, 3.05) is 50.7 Å². The van der Waals surface area contributed by atoms with E-state index in [0.717, 1.165) is 28.1 Å². The lowest BCUT2D eigenvalue weighted by Gasteiger charge is -2.28. The number of nitrogens with zero attached hydrogens (tertiary/aromatic N) is 4. The normalized spacial score (nSPS) is 13.6. The molecule has 0 bridgehead atoms. The molecule has 0 saturated carbocycles. The number of amides is 2. The molecular weight excluding hydrogens is 460 g/mol. The smallest absolute Gasteiger partial charge is 0.318 e. The lowest BCUT2D eigenvalue weighted by atomic mass is 10.2. The number of fused-ring (bicyclic) bond motifs is 1. The Balaban J connectivity index is 1.54. The van der Waals surface area contributed by atoms with Gasteiger partial charge in [0.15, 0.2) is 5.82 Å². The van der Waals surface area contributed by atoms with Gasteiger partial charge in [-0.3, -0.25) is 0 Å². The Morgan fingerprint density at radius 3 is 2.47 bits per heavy atom. The molecule has 5 rings (SSSR count). The second kappa shape index (κ2) is 10.1. The summed E-state index contributed by atoms with van der Waals surface area (Å²) < 4.78 is 12.6. The Labute approximate surface area is 208 Å². The van der Waals surface area contributed by atoms with Gasteiger partial charge in [-0.05, 0) is 42.0 Å². The molecule has 186 valence electrons. The maximum absolute atomic E-state index is 11.6. The van der Waals surface area contributed by atoms with E-state index in [9.17, 15) is 9.90 Å². The van der Waals surface area contributed by atoms with Crippen molar-refractivity contribution in [3.8, 4) is 23.0 Å². The largest absolute Gasteiger partial charge is 0.497 e. The molecule has 1 aliphatic heterocycles. The number of anilines is 2.